The number of thioether (sulfide) groups is 1. The van der Waals surface area contributed by atoms with E-state index in [1.807, 2.05) is 24.3 Å². The normalized spacial score (nSPS) is 10.6. The molecule has 0 N–H and O–H groups in total. The van der Waals surface area contributed by atoms with Crippen LogP contribution >= 0.6 is 11.8 Å². The zero-order valence-electron chi connectivity index (χ0n) is 20.2. The van der Waals surface area contributed by atoms with Crippen LogP contribution in [0.25, 0.3) is 0 Å². The maximum atomic E-state index is 5.79. The third-order valence-electron chi connectivity index (χ3n) is 4.73. The molecule has 0 radical (unpaired) electrons. The van der Waals surface area contributed by atoms with Gasteiger partial charge in [-0.2, -0.15) is 11.8 Å². The maximum Gasteiger partial charge on any atom is 0.203 e. The Morgan fingerprint density at radius 2 is 0.848 bits per heavy atom. The largest absolute Gasteiger partial charge is 0.493 e. The summed E-state index contributed by atoms with van der Waals surface area (Å²) < 4.78 is 43.7. The first-order valence-corrected chi connectivity index (χ1v) is 11.6. The molecule has 0 amide bonds. The number of hydrogen-bond donors (Lipinski definition) is 0. The maximum absolute atomic E-state index is 5.79. The molecule has 33 heavy (non-hydrogen) atoms. The Labute approximate surface area is 200 Å². The fourth-order valence-electron chi connectivity index (χ4n) is 3.16. The molecule has 0 bridgehead atoms. The SMILES string of the molecule is COc1cc(COCCSCCOCc2cc(OC)c(OC)c(OC)c2)cc(OC)c1OC. The van der Waals surface area contributed by atoms with Gasteiger partial charge < -0.3 is 37.9 Å². The van der Waals surface area contributed by atoms with Crippen LogP contribution in [0.1, 0.15) is 11.1 Å². The van der Waals surface area contributed by atoms with Crippen LogP contribution in [0, 0.1) is 0 Å². The first-order valence-electron chi connectivity index (χ1n) is 10.4. The Kier molecular flexibility index (Phi) is 11.9. The Hall–Kier alpha value is -2.49. The van der Waals surface area contributed by atoms with Crippen LogP contribution in [0.5, 0.6) is 34.5 Å². The summed E-state index contributed by atoms with van der Waals surface area (Å²) in [5.41, 5.74) is 1.92. The van der Waals surface area contributed by atoms with Gasteiger partial charge >= 0.3 is 0 Å². The van der Waals surface area contributed by atoms with Crippen molar-refractivity contribution < 1.29 is 37.9 Å². The van der Waals surface area contributed by atoms with E-state index in [1.165, 1.54) is 0 Å². The monoisotopic (exact) mass is 482 g/mol. The summed E-state index contributed by atoms with van der Waals surface area (Å²) in [5, 5.41) is 0. The Morgan fingerprint density at radius 3 is 1.12 bits per heavy atom. The Balaban J connectivity index is 1.67. The number of hydrogen-bond acceptors (Lipinski definition) is 9. The van der Waals surface area contributed by atoms with E-state index in [-0.39, 0.29) is 0 Å². The van der Waals surface area contributed by atoms with E-state index in [2.05, 4.69) is 0 Å². The molecule has 0 fully saturated rings. The molecule has 2 aromatic carbocycles. The Bertz CT molecular complexity index is 739. The van der Waals surface area contributed by atoms with Crippen LogP contribution in [0.2, 0.25) is 0 Å². The van der Waals surface area contributed by atoms with Gasteiger partial charge in [-0.05, 0) is 35.4 Å². The molecule has 0 atom stereocenters. The van der Waals surface area contributed by atoms with E-state index >= 15 is 0 Å². The van der Waals surface area contributed by atoms with Crippen LogP contribution in [0.4, 0.5) is 0 Å². The molecule has 2 aromatic rings. The van der Waals surface area contributed by atoms with Gasteiger partial charge in [0.1, 0.15) is 0 Å². The highest BCUT2D eigenvalue weighted by Crippen LogP contribution is 2.39. The summed E-state index contributed by atoms with van der Waals surface area (Å²) in [5.74, 6) is 5.37. The van der Waals surface area contributed by atoms with E-state index < -0.39 is 0 Å². The lowest BCUT2D eigenvalue weighted by Crippen LogP contribution is -2.03. The van der Waals surface area contributed by atoms with Crippen molar-refractivity contribution in [3.05, 3.63) is 35.4 Å². The summed E-state index contributed by atoms with van der Waals surface area (Å²) >= 11 is 1.78. The minimum Gasteiger partial charge on any atom is -0.493 e. The fourth-order valence-corrected chi connectivity index (χ4v) is 3.83. The smallest absolute Gasteiger partial charge is 0.203 e. The van der Waals surface area contributed by atoms with Gasteiger partial charge in [0, 0.05) is 11.5 Å². The second-order valence-electron chi connectivity index (χ2n) is 6.78. The van der Waals surface area contributed by atoms with Gasteiger partial charge in [-0.15, -0.1) is 0 Å². The minimum absolute atomic E-state index is 0.467. The first kappa shape index (κ1) is 26.8. The predicted octanol–water partition coefficient (Wildman–Crippen LogP) is 4.20. The molecule has 0 saturated heterocycles. The molecule has 8 nitrogen and oxygen atoms in total. The highest BCUT2D eigenvalue weighted by Gasteiger charge is 2.14. The summed E-state index contributed by atoms with van der Waals surface area (Å²) in [7, 11) is 9.57. The number of ether oxygens (including phenoxy) is 8. The lowest BCUT2D eigenvalue weighted by molar-refractivity contribution is 0.133. The molecule has 0 saturated carbocycles. The van der Waals surface area contributed by atoms with Gasteiger partial charge in [0.05, 0.1) is 69.1 Å². The Morgan fingerprint density at radius 1 is 0.515 bits per heavy atom. The molecule has 0 spiro atoms. The summed E-state index contributed by atoms with van der Waals surface area (Å²) in [6.45, 7) is 2.20. The third kappa shape index (κ3) is 7.80. The molecule has 0 aliphatic rings. The van der Waals surface area contributed by atoms with E-state index in [1.54, 1.807) is 54.4 Å². The number of methoxy groups -OCH3 is 6. The first-order chi connectivity index (χ1) is 16.1. The molecule has 2 rings (SSSR count). The molecule has 0 aromatic heterocycles. The van der Waals surface area contributed by atoms with Gasteiger partial charge in [-0.1, -0.05) is 0 Å². The van der Waals surface area contributed by atoms with Gasteiger partial charge in [0.15, 0.2) is 23.0 Å². The van der Waals surface area contributed by atoms with E-state index in [4.69, 9.17) is 37.9 Å². The topological polar surface area (TPSA) is 73.8 Å². The van der Waals surface area contributed by atoms with Crippen LogP contribution < -0.4 is 28.4 Å². The number of rotatable bonds is 16. The minimum atomic E-state index is 0.467. The standard InChI is InChI=1S/C24H34O8S/c1-25-19-11-17(12-20(26-2)23(19)29-5)15-31-7-9-33-10-8-32-16-18-13-21(27-3)24(30-6)22(14-18)28-4/h11-14H,7-10,15-16H2,1-6H3. The molecule has 0 unspecified atom stereocenters. The second-order valence-corrected chi connectivity index (χ2v) is 8.01. The molecular weight excluding hydrogens is 448 g/mol. The summed E-state index contributed by atoms with van der Waals surface area (Å²) in [6.07, 6.45) is 0. The van der Waals surface area contributed by atoms with E-state index in [0.717, 1.165) is 22.6 Å². The average molecular weight is 483 g/mol. The van der Waals surface area contributed by atoms with Crippen LogP contribution in [0.15, 0.2) is 24.3 Å². The molecule has 0 heterocycles. The van der Waals surface area contributed by atoms with Crippen LogP contribution in [-0.4, -0.2) is 67.4 Å². The van der Waals surface area contributed by atoms with E-state index in [9.17, 15) is 0 Å². The van der Waals surface area contributed by atoms with Crippen molar-refractivity contribution in [1.29, 1.82) is 0 Å². The number of benzene rings is 2. The van der Waals surface area contributed by atoms with Gasteiger partial charge in [0.25, 0.3) is 0 Å². The molecular formula is C24H34O8S. The third-order valence-corrected chi connectivity index (χ3v) is 5.64. The summed E-state index contributed by atoms with van der Waals surface area (Å²) in [4.78, 5) is 0. The molecule has 0 aliphatic carbocycles. The van der Waals surface area contributed by atoms with Crippen molar-refractivity contribution >= 4 is 11.8 Å². The van der Waals surface area contributed by atoms with Crippen LogP contribution in [-0.2, 0) is 22.7 Å². The lowest BCUT2D eigenvalue weighted by atomic mass is 10.2. The fraction of sp³-hybridized carbons (Fsp3) is 0.500. The summed E-state index contributed by atoms with van der Waals surface area (Å²) in [6, 6.07) is 7.58. The predicted molar refractivity (Wildman–Crippen MR) is 129 cm³/mol. The van der Waals surface area contributed by atoms with Gasteiger partial charge in [0.2, 0.25) is 11.5 Å². The van der Waals surface area contributed by atoms with Crippen molar-refractivity contribution in [3.63, 3.8) is 0 Å². The van der Waals surface area contributed by atoms with Crippen molar-refractivity contribution in [3.8, 4) is 34.5 Å². The van der Waals surface area contributed by atoms with Crippen molar-refractivity contribution in [2.45, 2.75) is 13.2 Å². The lowest BCUT2D eigenvalue weighted by Gasteiger charge is -2.14. The zero-order chi connectivity index (χ0) is 24.1. The highest BCUT2D eigenvalue weighted by atomic mass is 32.2. The van der Waals surface area contributed by atoms with Crippen molar-refractivity contribution in [2.24, 2.45) is 0 Å². The van der Waals surface area contributed by atoms with Crippen molar-refractivity contribution in [2.75, 3.05) is 67.4 Å². The van der Waals surface area contributed by atoms with Gasteiger partial charge in [-0.3, -0.25) is 0 Å². The van der Waals surface area contributed by atoms with Gasteiger partial charge in [-0.25, -0.2) is 0 Å². The average Bonchev–Trinajstić information content (AvgIpc) is 2.85. The second kappa shape index (κ2) is 14.6. The quantitative estimate of drug-likeness (QED) is 0.327. The molecule has 9 heteroatoms. The zero-order valence-corrected chi connectivity index (χ0v) is 21.0. The van der Waals surface area contributed by atoms with E-state index in [0.29, 0.717) is 60.9 Å². The van der Waals surface area contributed by atoms with Crippen LogP contribution in [0.3, 0.4) is 0 Å². The molecule has 184 valence electrons. The van der Waals surface area contributed by atoms with Crippen molar-refractivity contribution in [1.82, 2.24) is 0 Å². The molecule has 0 aliphatic heterocycles. The highest BCUT2D eigenvalue weighted by molar-refractivity contribution is 7.99.